The van der Waals surface area contributed by atoms with Gasteiger partial charge in [0.15, 0.2) is 0 Å². The van der Waals surface area contributed by atoms with E-state index in [1.54, 1.807) is 0 Å². The third-order valence-corrected chi connectivity index (χ3v) is 4.63. The molecule has 116 valence electrons. The molecule has 0 atom stereocenters. The summed E-state index contributed by atoms with van der Waals surface area (Å²) < 4.78 is 3.18. The molecule has 1 fully saturated rings. The van der Waals surface area contributed by atoms with Crippen LogP contribution in [0.25, 0.3) is 11.3 Å². The highest BCUT2D eigenvalue weighted by Crippen LogP contribution is 2.31. The van der Waals surface area contributed by atoms with E-state index >= 15 is 0 Å². The highest BCUT2D eigenvalue weighted by atomic mass is 16.2. The molecule has 1 aliphatic rings. The Morgan fingerprint density at radius 1 is 1.09 bits per heavy atom. The average Bonchev–Trinajstić information content (AvgIpc) is 2.80. The van der Waals surface area contributed by atoms with Crippen LogP contribution in [0.3, 0.4) is 0 Å². The van der Waals surface area contributed by atoms with Gasteiger partial charge < -0.3 is 0 Å². The number of carbonyl (C=O) groups excluding carboxylic acids is 1. The van der Waals surface area contributed by atoms with Gasteiger partial charge in [-0.15, -0.1) is 0 Å². The van der Waals surface area contributed by atoms with Gasteiger partial charge in [0.1, 0.15) is 0 Å². The van der Waals surface area contributed by atoms with Gasteiger partial charge in [-0.1, -0.05) is 49.6 Å². The van der Waals surface area contributed by atoms with E-state index in [0.29, 0.717) is 0 Å². The standard InChI is InChI=1S/C18H22N2O2/c1-13-17(15-9-5-3-6-10-15)20(14(2)21)18(22)19(13)16-11-7-4-8-12-16/h3,5-6,9-10,16H,4,7-8,11-12H2,1-2H3. The SMILES string of the molecule is CC(=O)n1c(-c2ccccc2)c(C)n(C2CCCCC2)c1=O. The van der Waals surface area contributed by atoms with Gasteiger partial charge in [-0.2, -0.15) is 0 Å². The van der Waals surface area contributed by atoms with Crippen LogP contribution in [0.2, 0.25) is 0 Å². The van der Waals surface area contributed by atoms with Crippen molar-refractivity contribution in [3.05, 3.63) is 46.5 Å². The Morgan fingerprint density at radius 3 is 2.32 bits per heavy atom. The normalized spacial score (nSPS) is 15.9. The van der Waals surface area contributed by atoms with Crippen molar-refractivity contribution in [2.75, 3.05) is 0 Å². The summed E-state index contributed by atoms with van der Waals surface area (Å²) >= 11 is 0. The maximum atomic E-state index is 12.8. The summed E-state index contributed by atoms with van der Waals surface area (Å²) in [6.45, 7) is 3.41. The lowest BCUT2D eigenvalue weighted by molar-refractivity contribution is 0.0933. The Kier molecular flexibility index (Phi) is 4.01. The Labute approximate surface area is 130 Å². The van der Waals surface area contributed by atoms with Crippen LogP contribution in [-0.2, 0) is 0 Å². The van der Waals surface area contributed by atoms with Crippen molar-refractivity contribution in [1.82, 2.24) is 9.13 Å². The van der Waals surface area contributed by atoms with E-state index in [0.717, 1.165) is 42.6 Å². The first kappa shape index (κ1) is 14.8. The lowest BCUT2D eigenvalue weighted by atomic mass is 9.95. The van der Waals surface area contributed by atoms with Crippen molar-refractivity contribution >= 4 is 5.91 Å². The first-order valence-electron chi connectivity index (χ1n) is 8.01. The van der Waals surface area contributed by atoms with E-state index in [1.165, 1.54) is 17.9 Å². The predicted molar refractivity (Wildman–Crippen MR) is 87.3 cm³/mol. The summed E-state index contributed by atoms with van der Waals surface area (Å²) in [6.07, 6.45) is 5.60. The van der Waals surface area contributed by atoms with Gasteiger partial charge in [0, 0.05) is 24.2 Å². The van der Waals surface area contributed by atoms with Crippen molar-refractivity contribution in [1.29, 1.82) is 0 Å². The topological polar surface area (TPSA) is 44.0 Å². The second-order valence-electron chi connectivity index (χ2n) is 6.10. The zero-order valence-corrected chi connectivity index (χ0v) is 13.2. The average molecular weight is 298 g/mol. The van der Waals surface area contributed by atoms with Crippen LogP contribution < -0.4 is 5.69 Å². The summed E-state index contributed by atoms with van der Waals surface area (Å²) in [5.41, 5.74) is 2.37. The zero-order chi connectivity index (χ0) is 15.7. The highest BCUT2D eigenvalue weighted by molar-refractivity contribution is 5.82. The molecule has 0 spiro atoms. The van der Waals surface area contributed by atoms with Crippen molar-refractivity contribution in [3.8, 4) is 11.3 Å². The smallest absolute Gasteiger partial charge is 0.293 e. The fraction of sp³-hybridized carbons (Fsp3) is 0.444. The van der Waals surface area contributed by atoms with Gasteiger partial charge in [0.05, 0.1) is 5.69 Å². The largest absolute Gasteiger partial charge is 0.335 e. The molecule has 0 N–H and O–H groups in total. The van der Waals surface area contributed by atoms with Gasteiger partial charge in [-0.05, 0) is 19.8 Å². The Bertz CT molecular complexity index is 734. The third-order valence-electron chi connectivity index (χ3n) is 4.63. The first-order chi connectivity index (χ1) is 10.6. The van der Waals surface area contributed by atoms with Crippen LogP contribution in [0.15, 0.2) is 35.1 Å². The molecule has 3 rings (SSSR count). The summed E-state index contributed by atoms with van der Waals surface area (Å²) in [5.74, 6) is -0.221. The molecular formula is C18H22N2O2. The van der Waals surface area contributed by atoms with Crippen LogP contribution in [-0.4, -0.2) is 15.0 Å². The van der Waals surface area contributed by atoms with Crippen molar-refractivity contribution in [2.45, 2.75) is 52.0 Å². The van der Waals surface area contributed by atoms with Gasteiger partial charge in [-0.25, -0.2) is 9.36 Å². The van der Waals surface area contributed by atoms with E-state index in [9.17, 15) is 9.59 Å². The molecule has 1 saturated carbocycles. The monoisotopic (exact) mass is 298 g/mol. The van der Waals surface area contributed by atoms with Gasteiger partial charge in [0.2, 0.25) is 5.91 Å². The van der Waals surface area contributed by atoms with Crippen LogP contribution in [0, 0.1) is 6.92 Å². The fourth-order valence-electron chi connectivity index (χ4n) is 3.62. The molecule has 22 heavy (non-hydrogen) atoms. The minimum atomic E-state index is -0.221. The summed E-state index contributed by atoms with van der Waals surface area (Å²) in [7, 11) is 0. The number of imidazole rings is 1. The number of nitrogens with zero attached hydrogens (tertiary/aromatic N) is 2. The van der Waals surface area contributed by atoms with Gasteiger partial charge >= 0.3 is 5.69 Å². The molecule has 4 nitrogen and oxygen atoms in total. The minimum Gasteiger partial charge on any atom is -0.293 e. The lowest BCUT2D eigenvalue weighted by Gasteiger charge is -2.23. The molecule has 1 heterocycles. The van der Waals surface area contributed by atoms with Crippen molar-refractivity contribution in [3.63, 3.8) is 0 Å². The van der Waals surface area contributed by atoms with E-state index < -0.39 is 0 Å². The fourth-order valence-corrected chi connectivity index (χ4v) is 3.62. The summed E-state index contributed by atoms with van der Waals surface area (Å²) in [5, 5.41) is 0. The van der Waals surface area contributed by atoms with Crippen molar-refractivity contribution in [2.24, 2.45) is 0 Å². The minimum absolute atomic E-state index is 0.184. The molecule has 0 unspecified atom stereocenters. The van der Waals surface area contributed by atoms with Crippen LogP contribution in [0.4, 0.5) is 0 Å². The molecule has 2 aromatic rings. The number of hydrogen-bond acceptors (Lipinski definition) is 2. The third kappa shape index (κ3) is 2.43. The first-order valence-corrected chi connectivity index (χ1v) is 8.01. The quantitative estimate of drug-likeness (QED) is 0.846. The number of aromatic nitrogens is 2. The molecular weight excluding hydrogens is 276 g/mol. The maximum Gasteiger partial charge on any atom is 0.335 e. The van der Waals surface area contributed by atoms with Crippen LogP contribution in [0.5, 0.6) is 0 Å². The Balaban J connectivity index is 2.21. The van der Waals surface area contributed by atoms with Gasteiger partial charge in [-0.3, -0.25) is 9.36 Å². The van der Waals surface area contributed by atoms with Gasteiger partial charge in [0.25, 0.3) is 0 Å². The second kappa shape index (κ2) is 5.95. The number of hydrogen-bond donors (Lipinski definition) is 0. The molecule has 0 radical (unpaired) electrons. The van der Waals surface area contributed by atoms with E-state index in [-0.39, 0.29) is 17.6 Å². The molecule has 1 aliphatic carbocycles. The predicted octanol–water partition coefficient (Wildman–Crippen LogP) is 3.79. The molecule has 0 bridgehead atoms. The molecule has 0 amide bonds. The van der Waals surface area contributed by atoms with E-state index in [2.05, 4.69) is 0 Å². The Morgan fingerprint density at radius 2 is 1.73 bits per heavy atom. The number of benzene rings is 1. The Hall–Kier alpha value is -2.10. The zero-order valence-electron chi connectivity index (χ0n) is 13.2. The molecule has 1 aromatic carbocycles. The maximum absolute atomic E-state index is 12.8. The highest BCUT2D eigenvalue weighted by Gasteiger charge is 2.26. The molecule has 0 saturated heterocycles. The second-order valence-corrected chi connectivity index (χ2v) is 6.10. The van der Waals surface area contributed by atoms with E-state index in [4.69, 9.17) is 0 Å². The number of rotatable bonds is 2. The lowest BCUT2D eigenvalue weighted by Crippen LogP contribution is -2.31. The number of carbonyl (C=O) groups is 1. The van der Waals surface area contributed by atoms with E-state index in [1.807, 2.05) is 41.8 Å². The molecule has 0 aliphatic heterocycles. The van der Waals surface area contributed by atoms with Crippen LogP contribution >= 0.6 is 0 Å². The summed E-state index contributed by atoms with van der Waals surface area (Å²) in [6, 6.07) is 9.93. The molecule has 1 aromatic heterocycles. The molecule has 4 heteroatoms. The summed E-state index contributed by atoms with van der Waals surface area (Å²) in [4.78, 5) is 24.9. The van der Waals surface area contributed by atoms with Crippen LogP contribution in [0.1, 0.15) is 55.6 Å². The van der Waals surface area contributed by atoms with Crippen molar-refractivity contribution < 1.29 is 4.79 Å².